The zero-order chi connectivity index (χ0) is 5.98. The predicted molar refractivity (Wildman–Crippen MR) is 34.2 cm³/mol. The average molecular weight is 154 g/mol. The Balaban J connectivity index is 2.28. The minimum absolute atomic E-state index is 0.106. The van der Waals surface area contributed by atoms with E-state index in [9.17, 15) is 0 Å². The lowest BCUT2D eigenvalue weighted by molar-refractivity contribution is 0.0901. The third-order valence-corrected chi connectivity index (χ3v) is 1.97. The van der Waals surface area contributed by atoms with Crippen molar-refractivity contribution in [1.29, 1.82) is 0 Å². The van der Waals surface area contributed by atoms with Gasteiger partial charge in [0.05, 0.1) is 5.38 Å². The molecule has 2 unspecified atom stereocenters. The van der Waals surface area contributed by atoms with E-state index in [0.717, 1.165) is 6.42 Å². The Hall–Kier alpha value is 0.540. The van der Waals surface area contributed by atoms with Crippen molar-refractivity contribution >= 4 is 23.2 Å². The van der Waals surface area contributed by atoms with Crippen molar-refractivity contribution in [2.45, 2.75) is 17.4 Å². The van der Waals surface area contributed by atoms with Crippen LogP contribution in [-0.4, -0.2) is 17.5 Å². The van der Waals surface area contributed by atoms with Crippen molar-refractivity contribution in [2.24, 2.45) is 0 Å². The Bertz CT molecular complexity index is 66.8. The highest BCUT2D eigenvalue weighted by molar-refractivity contribution is 6.30. The van der Waals surface area contributed by atoms with Crippen LogP contribution in [0.5, 0.6) is 0 Å². The SMILES string of the molecule is ClC1[CH]CCOC1Cl. The van der Waals surface area contributed by atoms with Gasteiger partial charge in [0.2, 0.25) is 0 Å². The van der Waals surface area contributed by atoms with Crippen LogP contribution in [0.1, 0.15) is 6.42 Å². The third-order valence-electron chi connectivity index (χ3n) is 1.04. The summed E-state index contributed by atoms with van der Waals surface area (Å²) in [7, 11) is 0. The van der Waals surface area contributed by atoms with Gasteiger partial charge >= 0.3 is 0 Å². The van der Waals surface area contributed by atoms with Crippen molar-refractivity contribution in [3.05, 3.63) is 6.42 Å². The van der Waals surface area contributed by atoms with Crippen molar-refractivity contribution < 1.29 is 4.74 Å². The normalized spacial score (nSPS) is 39.8. The van der Waals surface area contributed by atoms with Crippen molar-refractivity contribution in [1.82, 2.24) is 0 Å². The summed E-state index contributed by atoms with van der Waals surface area (Å²) < 4.78 is 4.99. The van der Waals surface area contributed by atoms with Gasteiger partial charge in [-0.1, -0.05) is 11.6 Å². The molecule has 0 aliphatic carbocycles. The van der Waals surface area contributed by atoms with Gasteiger partial charge in [-0.25, -0.2) is 0 Å². The Labute approximate surface area is 58.9 Å². The minimum Gasteiger partial charge on any atom is -0.361 e. The molecule has 3 heteroatoms. The molecule has 0 spiro atoms. The summed E-state index contributed by atoms with van der Waals surface area (Å²) in [5.41, 5.74) is -0.314. The van der Waals surface area contributed by atoms with Crippen molar-refractivity contribution in [2.75, 3.05) is 6.61 Å². The van der Waals surface area contributed by atoms with Gasteiger partial charge in [0, 0.05) is 6.61 Å². The molecule has 1 radical (unpaired) electrons. The first-order chi connectivity index (χ1) is 3.80. The van der Waals surface area contributed by atoms with E-state index in [1.807, 2.05) is 6.42 Å². The maximum absolute atomic E-state index is 5.65. The van der Waals surface area contributed by atoms with E-state index in [4.69, 9.17) is 27.9 Å². The largest absolute Gasteiger partial charge is 0.361 e. The van der Waals surface area contributed by atoms with E-state index in [-0.39, 0.29) is 10.9 Å². The van der Waals surface area contributed by atoms with E-state index < -0.39 is 0 Å². The molecule has 1 rings (SSSR count). The van der Waals surface area contributed by atoms with Crippen LogP contribution in [0.2, 0.25) is 0 Å². The van der Waals surface area contributed by atoms with Gasteiger partial charge in [-0.15, -0.1) is 11.6 Å². The smallest absolute Gasteiger partial charge is 0.147 e. The fourth-order valence-corrected chi connectivity index (χ4v) is 0.997. The molecule has 1 fully saturated rings. The van der Waals surface area contributed by atoms with Crippen molar-refractivity contribution in [3.8, 4) is 0 Å². The van der Waals surface area contributed by atoms with Crippen LogP contribution in [0.25, 0.3) is 0 Å². The van der Waals surface area contributed by atoms with Gasteiger partial charge in [0.1, 0.15) is 5.56 Å². The van der Waals surface area contributed by atoms with Crippen LogP contribution in [-0.2, 0) is 4.74 Å². The number of hydrogen-bond donors (Lipinski definition) is 0. The number of halogens is 2. The van der Waals surface area contributed by atoms with Crippen LogP contribution in [0.3, 0.4) is 0 Å². The summed E-state index contributed by atoms with van der Waals surface area (Å²) in [4.78, 5) is 0. The maximum atomic E-state index is 5.65. The summed E-state index contributed by atoms with van der Waals surface area (Å²) in [6.45, 7) is 0.706. The van der Waals surface area contributed by atoms with Gasteiger partial charge in [-0.2, -0.15) is 0 Å². The molecule has 0 bridgehead atoms. The molecule has 8 heavy (non-hydrogen) atoms. The van der Waals surface area contributed by atoms with Gasteiger partial charge in [0.25, 0.3) is 0 Å². The molecule has 0 amide bonds. The number of ether oxygens (including phenoxy) is 1. The molecule has 0 aromatic rings. The highest BCUT2D eigenvalue weighted by Gasteiger charge is 2.20. The van der Waals surface area contributed by atoms with E-state index in [0.29, 0.717) is 6.61 Å². The first kappa shape index (κ1) is 6.66. The molecule has 2 atom stereocenters. The quantitative estimate of drug-likeness (QED) is 0.483. The first-order valence-corrected chi connectivity index (χ1v) is 3.41. The van der Waals surface area contributed by atoms with Crippen LogP contribution in [0.15, 0.2) is 0 Å². The lowest BCUT2D eigenvalue weighted by Gasteiger charge is -2.21. The lowest BCUT2D eigenvalue weighted by Crippen LogP contribution is -2.25. The summed E-state index contributed by atoms with van der Waals surface area (Å²) in [6.07, 6.45) is 2.88. The molecule has 1 nitrogen and oxygen atoms in total. The second-order valence-electron chi connectivity index (χ2n) is 1.69. The molecule has 0 saturated carbocycles. The second-order valence-corrected chi connectivity index (χ2v) is 2.62. The molecular weight excluding hydrogens is 147 g/mol. The number of rotatable bonds is 0. The second kappa shape index (κ2) is 2.90. The summed E-state index contributed by atoms with van der Waals surface area (Å²) >= 11 is 11.2. The minimum atomic E-state index is -0.314. The summed E-state index contributed by atoms with van der Waals surface area (Å²) in [5, 5.41) is -0.106. The fourth-order valence-electron chi connectivity index (χ4n) is 0.607. The topological polar surface area (TPSA) is 9.23 Å². The maximum Gasteiger partial charge on any atom is 0.147 e. The Morgan fingerprint density at radius 2 is 2.25 bits per heavy atom. The molecule has 0 aromatic heterocycles. The van der Waals surface area contributed by atoms with E-state index in [2.05, 4.69) is 0 Å². The molecule has 1 aliphatic heterocycles. The third kappa shape index (κ3) is 1.51. The number of hydrogen-bond acceptors (Lipinski definition) is 1. The molecule has 1 saturated heterocycles. The van der Waals surface area contributed by atoms with Crippen LogP contribution in [0, 0.1) is 6.42 Å². The van der Waals surface area contributed by atoms with E-state index >= 15 is 0 Å². The monoisotopic (exact) mass is 153 g/mol. The first-order valence-electron chi connectivity index (χ1n) is 2.54. The van der Waals surface area contributed by atoms with Crippen LogP contribution < -0.4 is 0 Å². The molecule has 47 valence electrons. The Kier molecular flexibility index (Phi) is 2.42. The molecule has 1 aliphatic rings. The van der Waals surface area contributed by atoms with Crippen LogP contribution in [0.4, 0.5) is 0 Å². The number of alkyl halides is 2. The standard InChI is InChI=1S/C5H7Cl2O/c6-4-2-1-3-8-5(4)7/h2,4-5H,1,3H2. The zero-order valence-electron chi connectivity index (χ0n) is 4.31. The fraction of sp³-hybridized carbons (Fsp3) is 0.800. The Morgan fingerprint density at radius 1 is 1.50 bits per heavy atom. The van der Waals surface area contributed by atoms with Crippen molar-refractivity contribution in [3.63, 3.8) is 0 Å². The molecule has 0 aromatic carbocycles. The molecule has 1 heterocycles. The van der Waals surface area contributed by atoms with Gasteiger partial charge in [-0.3, -0.25) is 0 Å². The zero-order valence-corrected chi connectivity index (χ0v) is 5.82. The van der Waals surface area contributed by atoms with E-state index in [1.165, 1.54) is 0 Å². The van der Waals surface area contributed by atoms with Gasteiger partial charge in [0.15, 0.2) is 0 Å². The highest BCUT2D eigenvalue weighted by atomic mass is 35.5. The molecule has 0 N–H and O–H groups in total. The van der Waals surface area contributed by atoms with Gasteiger partial charge < -0.3 is 4.74 Å². The Morgan fingerprint density at radius 3 is 2.62 bits per heavy atom. The average Bonchev–Trinajstić information content (AvgIpc) is 1.77. The van der Waals surface area contributed by atoms with Gasteiger partial charge in [-0.05, 0) is 12.8 Å². The lowest BCUT2D eigenvalue weighted by atomic mass is 10.2. The van der Waals surface area contributed by atoms with Crippen LogP contribution >= 0.6 is 23.2 Å². The highest BCUT2D eigenvalue weighted by Crippen LogP contribution is 2.20. The summed E-state index contributed by atoms with van der Waals surface area (Å²) in [6, 6.07) is 0. The predicted octanol–water partition coefficient (Wildman–Crippen LogP) is 1.78. The van der Waals surface area contributed by atoms with E-state index in [1.54, 1.807) is 0 Å². The molecular formula is C5H7Cl2O. The summed E-state index contributed by atoms with van der Waals surface area (Å²) in [5.74, 6) is 0.